The fourth-order valence-electron chi connectivity index (χ4n) is 3.76. The fourth-order valence-corrected chi connectivity index (χ4v) is 4.39. The molecule has 3 aromatic rings. The van der Waals surface area contributed by atoms with Gasteiger partial charge >= 0.3 is 0 Å². The van der Waals surface area contributed by atoms with Gasteiger partial charge in [-0.2, -0.15) is 5.10 Å². The first-order chi connectivity index (χ1) is 13.9. The first-order valence-electron chi connectivity index (χ1n) is 9.61. The number of hydrogen-bond acceptors (Lipinski definition) is 4. The monoisotopic (exact) mass is 409 g/mol. The number of rotatable bonds is 5. The Kier molecular flexibility index (Phi) is 5.24. The minimum absolute atomic E-state index is 0.0923. The molecule has 7 heteroatoms. The molecule has 0 saturated carbocycles. The van der Waals surface area contributed by atoms with Gasteiger partial charge in [-0.25, -0.2) is 8.42 Å². The maximum Gasteiger partial charge on any atom is 0.251 e. The average Bonchev–Trinajstić information content (AvgIpc) is 3.12. The van der Waals surface area contributed by atoms with Gasteiger partial charge in [-0.1, -0.05) is 30.3 Å². The van der Waals surface area contributed by atoms with Gasteiger partial charge in [-0.3, -0.25) is 9.48 Å². The Morgan fingerprint density at radius 3 is 2.55 bits per heavy atom. The van der Waals surface area contributed by atoms with Crippen molar-refractivity contribution in [1.82, 2.24) is 15.1 Å². The molecule has 6 nitrogen and oxygen atoms in total. The second kappa shape index (κ2) is 7.83. The summed E-state index contributed by atoms with van der Waals surface area (Å²) in [5.74, 6) is -0.210. The first kappa shape index (κ1) is 19.4. The van der Waals surface area contributed by atoms with E-state index >= 15 is 0 Å². The van der Waals surface area contributed by atoms with E-state index in [4.69, 9.17) is 0 Å². The molecule has 150 valence electrons. The Bertz CT molecular complexity index is 1120. The van der Waals surface area contributed by atoms with Gasteiger partial charge in [0.1, 0.15) is 0 Å². The molecule has 29 heavy (non-hydrogen) atoms. The second-order valence-corrected chi connectivity index (χ2v) is 9.42. The third kappa shape index (κ3) is 4.24. The molecular weight excluding hydrogens is 386 g/mol. The number of hydrogen-bond donors (Lipinski definition) is 1. The highest BCUT2D eigenvalue weighted by Crippen LogP contribution is 2.30. The number of benzene rings is 2. The Balaban J connectivity index is 1.50. The van der Waals surface area contributed by atoms with Crippen LogP contribution in [0.25, 0.3) is 0 Å². The molecule has 0 radical (unpaired) electrons. The lowest BCUT2D eigenvalue weighted by Gasteiger charge is -2.24. The van der Waals surface area contributed by atoms with Crippen LogP contribution in [0.4, 0.5) is 0 Å². The topological polar surface area (TPSA) is 81.1 Å². The van der Waals surface area contributed by atoms with Crippen LogP contribution < -0.4 is 5.32 Å². The lowest BCUT2D eigenvalue weighted by atomic mass is 9.92. The Labute approximate surface area is 170 Å². The van der Waals surface area contributed by atoms with Gasteiger partial charge in [-0.15, -0.1) is 0 Å². The van der Waals surface area contributed by atoms with Crippen molar-refractivity contribution in [2.75, 3.05) is 6.26 Å². The Morgan fingerprint density at radius 2 is 1.86 bits per heavy atom. The number of carbonyl (C=O) groups is 1. The molecule has 1 aliphatic rings. The van der Waals surface area contributed by atoms with Gasteiger partial charge in [0.05, 0.1) is 23.7 Å². The van der Waals surface area contributed by atoms with Gasteiger partial charge in [0.25, 0.3) is 5.91 Å². The molecule has 0 spiro atoms. The van der Waals surface area contributed by atoms with Crippen molar-refractivity contribution in [3.05, 3.63) is 83.2 Å². The van der Waals surface area contributed by atoms with E-state index in [0.29, 0.717) is 12.1 Å². The molecule has 1 heterocycles. The standard InChI is InChI=1S/C22H23N3O3S/c1-29(27,28)18-12-10-17(11-13-18)22(26)24-20-8-5-9-21-19(20)14-23-25(21)15-16-6-3-2-4-7-16/h2-4,6-7,10-14,20H,5,8-9,15H2,1H3,(H,24,26)/t20-/m1/s1. The number of carbonyl (C=O) groups excluding carboxylic acids is 1. The van der Waals surface area contributed by atoms with Crippen molar-refractivity contribution in [1.29, 1.82) is 0 Å². The fraction of sp³-hybridized carbons (Fsp3) is 0.273. The number of sulfone groups is 1. The maximum atomic E-state index is 12.7. The van der Waals surface area contributed by atoms with Crippen LogP contribution in [-0.2, 0) is 22.8 Å². The lowest BCUT2D eigenvalue weighted by Crippen LogP contribution is -2.31. The minimum atomic E-state index is -3.28. The number of nitrogens with zero attached hydrogens (tertiary/aromatic N) is 2. The van der Waals surface area contributed by atoms with E-state index in [1.54, 1.807) is 12.1 Å². The van der Waals surface area contributed by atoms with Crippen LogP contribution in [-0.4, -0.2) is 30.4 Å². The summed E-state index contributed by atoms with van der Waals surface area (Å²) in [6.07, 6.45) is 5.79. The highest BCUT2D eigenvalue weighted by Gasteiger charge is 2.26. The summed E-state index contributed by atoms with van der Waals surface area (Å²) < 4.78 is 25.2. The highest BCUT2D eigenvalue weighted by atomic mass is 32.2. The van der Waals surface area contributed by atoms with Crippen LogP contribution in [0.1, 0.15) is 46.1 Å². The van der Waals surface area contributed by atoms with E-state index in [0.717, 1.165) is 36.8 Å². The molecule has 2 aromatic carbocycles. The van der Waals surface area contributed by atoms with Crippen LogP contribution in [0.15, 0.2) is 65.7 Å². The van der Waals surface area contributed by atoms with E-state index in [2.05, 4.69) is 22.5 Å². The normalized spacial score (nSPS) is 16.2. The third-order valence-electron chi connectivity index (χ3n) is 5.29. The van der Waals surface area contributed by atoms with Gasteiger partial charge in [0, 0.05) is 23.1 Å². The summed E-state index contributed by atoms with van der Waals surface area (Å²) in [5, 5.41) is 7.65. The molecular formula is C22H23N3O3S. The van der Waals surface area contributed by atoms with Gasteiger partial charge in [0.15, 0.2) is 9.84 Å². The van der Waals surface area contributed by atoms with E-state index in [9.17, 15) is 13.2 Å². The zero-order chi connectivity index (χ0) is 20.4. The van der Waals surface area contributed by atoms with E-state index in [1.165, 1.54) is 17.7 Å². The van der Waals surface area contributed by atoms with Crippen LogP contribution >= 0.6 is 0 Å². The summed E-state index contributed by atoms with van der Waals surface area (Å²) >= 11 is 0. The zero-order valence-corrected chi connectivity index (χ0v) is 17.0. The van der Waals surface area contributed by atoms with E-state index in [1.807, 2.05) is 29.1 Å². The van der Waals surface area contributed by atoms with E-state index < -0.39 is 9.84 Å². The average molecular weight is 410 g/mol. The van der Waals surface area contributed by atoms with Crippen LogP contribution in [0.5, 0.6) is 0 Å². The molecule has 4 rings (SSSR count). The number of nitrogens with one attached hydrogen (secondary N) is 1. The summed E-state index contributed by atoms with van der Waals surface area (Å²) in [6.45, 7) is 0.712. The minimum Gasteiger partial charge on any atom is -0.345 e. The molecule has 1 aliphatic carbocycles. The first-order valence-corrected chi connectivity index (χ1v) is 11.5. The maximum absolute atomic E-state index is 12.7. The molecule has 0 saturated heterocycles. The molecule has 1 aromatic heterocycles. The summed E-state index contributed by atoms with van der Waals surface area (Å²) in [5.41, 5.74) is 3.86. The molecule has 0 bridgehead atoms. The van der Waals surface area contributed by atoms with Crippen molar-refractivity contribution in [2.24, 2.45) is 0 Å². The lowest BCUT2D eigenvalue weighted by molar-refractivity contribution is 0.0932. The highest BCUT2D eigenvalue weighted by molar-refractivity contribution is 7.90. The summed E-state index contributed by atoms with van der Waals surface area (Å²) in [6, 6.07) is 16.1. The number of aromatic nitrogens is 2. The molecule has 1 N–H and O–H groups in total. The van der Waals surface area contributed by atoms with Crippen LogP contribution in [0.2, 0.25) is 0 Å². The van der Waals surface area contributed by atoms with E-state index in [-0.39, 0.29) is 16.8 Å². The SMILES string of the molecule is CS(=O)(=O)c1ccc(C(=O)N[C@@H]2CCCc3c2cnn3Cc2ccccc2)cc1. The largest absolute Gasteiger partial charge is 0.345 e. The summed E-state index contributed by atoms with van der Waals surface area (Å²) in [4.78, 5) is 12.9. The Hall–Kier alpha value is -2.93. The van der Waals surface area contributed by atoms with Crippen LogP contribution in [0, 0.1) is 0 Å². The van der Waals surface area contributed by atoms with Crippen LogP contribution in [0.3, 0.4) is 0 Å². The zero-order valence-electron chi connectivity index (χ0n) is 16.2. The molecule has 0 fully saturated rings. The van der Waals surface area contributed by atoms with Gasteiger partial charge in [-0.05, 0) is 49.1 Å². The van der Waals surface area contributed by atoms with Gasteiger partial charge < -0.3 is 5.32 Å². The smallest absolute Gasteiger partial charge is 0.251 e. The third-order valence-corrected chi connectivity index (χ3v) is 6.42. The molecule has 0 unspecified atom stereocenters. The van der Waals surface area contributed by atoms with Crippen molar-refractivity contribution < 1.29 is 13.2 Å². The molecule has 1 atom stereocenters. The summed E-state index contributed by atoms with van der Waals surface area (Å²) in [7, 11) is -3.28. The van der Waals surface area contributed by atoms with Gasteiger partial charge in [0.2, 0.25) is 0 Å². The van der Waals surface area contributed by atoms with Crippen molar-refractivity contribution in [2.45, 2.75) is 36.7 Å². The second-order valence-electron chi connectivity index (χ2n) is 7.40. The number of fused-ring (bicyclic) bond motifs is 1. The van der Waals surface area contributed by atoms with Crippen molar-refractivity contribution in [3.8, 4) is 0 Å². The van der Waals surface area contributed by atoms with Crippen molar-refractivity contribution in [3.63, 3.8) is 0 Å². The molecule has 1 amide bonds. The number of amides is 1. The predicted octanol–water partition coefficient (Wildman–Crippen LogP) is 3.14. The Morgan fingerprint density at radius 1 is 1.14 bits per heavy atom. The quantitative estimate of drug-likeness (QED) is 0.702. The van der Waals surface area contributed by atoms with Crippen molar-refractivity contribution >= 4 is 15.7 Å². The molecule has 0 aliphatic heterocycles. The predicted molar refractivity (Wildman–Crippen MR) is 110 cm³/mol.